The van der Waals surface area contributed by atoms with Crippen molar-refractivity contribution in [3.05, 3.63) is 59.4 Å². The van der Waals surface area contributed by atoms with Gasteiger partial charge in [-0.15, -0.1) is 0 Å². The maximum atomic E-state index is 13.3. The van der Waals surface area contributed by atoms with Crippen LogP contribution in [0.5, 0.6) is 0 Å². The Balaban J connectivity index is 2.55. The highest BCUT2D eigenvalue weighted by Gasteiger charge is 2.30. The fraction of sp³-hybridized carbons (Fsp3) is 0.133. The zero-order chi connectivity index (χ0) is 15.6. The summed E-state index contributed by atoms with van der Waals surface area (Å²) in [6.45, 7) is 0. The Hall–Kier alpha value is -2.37. The number of benzene rings is 2. The summed E-state index contributed by atoms with van der Waals surface area (Å²) in [6, 6.07) is 7.74. The topological polar surface area (TPSA) is 37.3 Å². The second kappa shape index (κ2) is 5.55. The van der Waals surface area contributed by atoms with Crippen molar-refractivity contribution in [1.29, 1.82) is 0 Å². The summed E-state index contributed by atoms with van der Waals surface area (Å²) in [7, 11) is 0. The van der Waals surface area contributed by atoms with Crippen molar-refractivity contribution in [1.82, 2.24) is 0 Å². The number of carboxylic acid groups (broad SMARTS) is 1. The van der Waals surface area contributed by atoms with E-state index in [0.717, 1.165) is 24.3 Å². The Labute approximate surface area is 117 Å². The van der Waals surface area contributed by atoms with Gasteiger partial charge in [-0.25, -0.2) is 4.39 Å². The Morgan fingerprint density at radius 1 is 1.10 bits per heavy atom. The molecule has 0 aliphatic carbocycles. The van der Waals surface area contributed by atoms with E-state index in [1.165, 1.54) is 18.2 Å². The van der Waals surface area contributed by atoms with Crippen molar-refractivity contribution in [3.63, 3.8) is 0 Å². The molecular weight excluding hydrogens is 288 g/mol. The number of carboxylic acids is 1. The molecule has 1 N–H and O–H groups in total. The number of aliphatic carboxylic acids is 1. The average molecular weight is 298 g/mol. The maximum absolute atomic E-state index is 13.3. The van der Waals surface area contributed by atoms with Gasteiger partial charge in [-0.2, -0.15) is 13.2 Å². The minimum absolute atomic E-state index is 0.126. The molecule has 2 aromatic carbocycles. The van der Waals surface area contributed by atoms with Gasteiger partial charge in [0.2, 0.25) is 0 Å². The van der Waals surface area contributed by atoms with Gasteiger partial charge in [0.25, 0.3) is 0 Å². The molecule has 2 aromatic rings. The van der Waals surface area contributed by atoms with Crippen LogP contribution in [-0.2, 0) is 17.4 Å². The fourth-order valence-corrected chi connectivity index (χ4v) is 2.00. The fourth-order valence-electron chi connectivity index (χ4n) is 2.00. The lowest BCUT2D eigenvalue weighted by atomic mass is 9.96. The van der Waals surface area contributed by atoms with Crippen LogP contribution in [0.15, 0.2) is 42.5 Å². The molecule has 0 spiro atoms. The molecule has 0 saturated carbocycles. The third-order valence-electron chi connectivity index (χ3n) is 2.91. The lowest BCUT2D eigenvalue weighted by Gasteiger charge is -2.12. The van der Waals surface area contributed by atoms with E-state index in [-0.39, 0.29) is 16.7 Å². The van der Waals surface area contributed by atoms with Crippen LogP contribution in [0.4, 0.5) is 17.6 Å². The van der Waals surface area contributed by atoms with Crippen LogP contribution in [0.3, 0.4) is 0 Å². The first-order chi connectivity index (χ1) is 9.77. The summed E-state index contributed by atoms with van der Waals surface area (Å²) in [5, 5.41) is 8.82. The first-order valence-electron chi connectivity index (χ1n) is 5.95. The standard InChI is InChI=1S/C15H10F4O2/c16-12-5-4-10(7-14(20)21)13(8-12)9-2-1-3-11(6-9)15(17,18)19/h1-6,8H,7H2,(H,20,21). The molecular formula is C15H10F4O2. The van der Waals surface area contributed by atoms with Crippen LogP contribution in [0, 0.1) is 5.82 Å². The average Bonchev–Trinajstić information content (AvgIpc) is 2.39. The SMILES string of the molecule is O=C(O)Cc1ccc(F)cc1-c1cccc(C(F)(F)F)c1. The molecule has 21 heavy (non-hydrogen) atoms. The van der Waals surface area contributed by atoms with Crippen molar-refractivity contribution in [2.75, 3.05) is 0 Å². The molecule has 0 amide bonds. The number of halogens is 4. The molecule has 0 atom stereocenters. The van der Waals surface area contributed by atoms with Gasteiger partial charge in [0.1, 0.15) is 5.82 Å². The van der Waals surface area contributed by atoms with Crippen LogP contribution in [0.2, 0.25) is 0 Å². The molecule has 0 aromatic heterocycles. The second-order valence-corrected chi connectivity index (χ2v) is 4.45. The predicted octanol–water partition coefficient (Wildman–Crippen LogP) is 4.14. The van der Waals surface area contributed by atoms with Gasteiger partial charge in [0, 0.05) is 0 Å². The monoisotopic (exact) mass is 298 g/mol. The van der Waals surface area contributed by atoms with E-state index in [4.69, 9.17) is 5.11 Å². The summed E-state index contributed by atoms with van der Waals surface area (Å²) in [5.74, 6) is -1.79. The highest BCUT2D eigenvalue weighted by atomic mass is 19.4. The lowest BCUT2D eigenvalue weighted by molar-refractivity contribution is -0.138. The highest BCUT2D eigenvalue weighted by molar-refractivity contribution is 5.76. The largest absolute Gasteiger partial charge is 0.481 e. The van der Waals surface area contributed by atoms with E-state index in [1.807, 2.05) is 0 Å². The molecule has 0 unspecified atom stereocenters. The number of hydrogen-bond acceptors (Lipinski definition) is 1. The predicted molar refractivity (Wildman–Crippen MR) is 68.2 cm³/mol. The molecule has 2 rings (SSSR count). The minimum atomic E-state index is -4.52. The zero-order valence-electron chi connectivity index (χ0n) is 10.6. The van der Waals surface area contributed by atoms with Gasteiger partial charge in [-0.1, -0.05) is 18.2 Å². The summed E-state index contributed by atoms with van der Waals surface area (Å²) < 4.78 is 51.5. The van der Waals surface area contributed by atoms with E-state index < -0.39 is 29.9 Å². The van der Waals surface area contributed by atoms with Crippen LogP contribution in [0.1, 0.15) is 11.1 Å². The quantitative estimate of drug-likeness (QED) is 0.865. The Kier molecular flexibility index (Phi) is 3.97. The molecule has 2 nitrogen and oxygen atoms in total. The normalized spacial score (nSPS) is 11.4. The van der Waals surface area contributed by atoms with E-state index in [9.17, 15) is 22.4 Å². The molecule has 0 fully saturated rings. The van der Waals surface area contributed by atoms with Crippen molar-refractivity contribution >= 4 is 5.97 Å². The van der Waals surface area contributed by atoms with Crippen molar-refractivity contribution in [2.45, 2.75) is 12.6 Å². The van der Waals surface area contributed by atoms with E-state index in [0.29, 0.717) is 0 Å². The number of rotatable bonds is 3. The van der Waals surface area contributed by atoms with Gasteiger partial charge >= 0.3 is 12.1 Å². The van der Waals surface area contributed by atoms with Gasteiger partial charge < -0.3 is 5.11 Å². The van der Waals surface area contributed by atoms with Crippen LogP contribution < -0.4 is 0 Å². The number of hydrogen-bond donors (Lipinski definition) is 1. The summed E-state index contributed by atoms with van der Waals surface area (Å²) in [5.41, 5.74) is -0.349. The van der Waals surface area contributed by atoms with Crippen molar-refractivity contribution in [3.8, 4) is 11.1 Å². The number of alkyl halides is 3. The molecule has 0 heterocycles. The van der Waals surface area contributed by atoms with Crippen LogP contribution >= 0.6 is 0 Å². The summed E-state index contributed by atoms with van der Waals surface area (Å²) in [4.78, 5) is 10.8. The third kappa shape index (κ3) is 3.59. The summed E-state index contributed by atoms with van der Waals surface area (Å²) >= 11 is 0. The second-order valence-electron chi connectivity index (χ2n) is 4.45. The van der Waals surface area contributed by atoms with E-state index in [2.05, 4.69) is 0 Å². The van der Waals surface area contributed by atoms with Gasteiger partial charge in [-0.05, 0) is 41.0 Å². The Morgan fingerprint density at radius 2 is 1.81 bits per heavy atom. The number of carbonyl (C=O) groups is 1. The Bertz CT molecular complexity index is 678. The molecule has 0 bridgehead atoms. The third-order valence-corrected chi connectivity index (χ3v) is 2.91. The van der Waals surface area contributed by atoms with Crippen LogP contribution in [0.25, 0.3) is 11.1 Å². The Morgan fingerprint density at radius 3 is 2.43 bits per heavy atom. The smallest absolute Gasteiger partial charge is 0.416 e. The zero-order valence-corrected chi connectivity index (χ0v) is 10.6. The highest BCUT2D eigenvalue weighted by Crippen LogP contribution is 2.33. The van der Waals surface area contributed by atoms with Crippen molar-refractivity contribution in [2.24, 2.45) is 0 Å². The maximum Gasteiger partial charge on any atom is 0.416 e. The molecule has 0 radical (unpaired) electrons. The molecule has 0 aliphatic heterocycles. The van der Waals surface area contributed by atoms with E-state index in [1.54, 1.807) is 0 Å². The molecule has 6 heteroatoms. The van der Waals surface area contributed by atoms with E-state index >= 15 is 0 Å². The first kappa shape index (κ1) is 15.0. The van der Waals surface area contributed by atoms with Crippen LogP contribution in [-0.4, -0.2) is 11.1 Å². The van der Waals surface area contributed by atoms with Crippen molar-refractivity contribution < 1.29 is 27.5 Å². The molecule has 0 saturated heterocycles. The minimum Gasteiger partial charge on any atom is -0.481 e. The summed E-state index contributed by atoms with van der Waals surface area (Å²) in [6.07, 6.45) is -4.91. The molecule has 0 aliphatic rings. The first-order valence-corrected chi connectivity index (χ1v) is 5.95. The van der Waals surface area contributed by atoms with Gasteiger partial charge in [0.05, 0.1) is 12.0 Å². The van der Waals surface area contributed by atoms with Gasteiger partial charge in [-0.3, -0.25) is 4.79 Å². The van der Waals surface area contributed by atoms with Gasteiger partial charge in [0.15, 0.2) is 0 Å². The lowest BCUT2D eigenvalue weighted by Crippen LogP contribution is -2.05. The molecule has 110 valence electrons.